The zero-order valence-corrected chi connectivity index (χ0v) is 25.3. The van der Waals surface area contributed by atoms with E-state index in [9.17, 15) is 9.59 Å². The molecule has 3 heterocycles. The van der Waals surface area contributed by atoms with Gasteiger partial charge in [0.15, 0.2) is 5.16 Å². The van der Waals surface area contributed by atoms with Crippen molar-refractivity contribution in [2.75, 3.05) is 18.8 Å². The number of carbonyl (C=O) groups is 2. The number of nitrogens with one attached hydrogen (secondary N) is 1. The highest BCUT2D eigenvalue weighted by Crippen LogP contribution is 2.36. The molecule has 3 rings (SSSR count). The van der Waals surface area contributed by atoms with Gasteiger partial charge in [-0.15, -0.1) is 0 Å². The van der Waals surface area contributed by atoms with Crippen LogP contribution < -0.4 is 10.8 Å². The molecule has 0 bridgehead atoms. The third kappa shape index (κ3) is 8.08. The molecule has 38 heavy (non-hydrogen) atoms. The molecule has 9 nitrogen and oxygen atoms in total. The predicted octanol–water partition coefficient (Wildman–Crippen LogP) is 4.05. The zero-order valence-electron chi connectivity index (χ0n) is 24.5. The first-order chi connectivity index (χ1) is 17.6. The van der Waals surface area contributed by atoms with Crippen LogP contribution >= 0.6 is 11.8 Å². The maximum atomic E-state index is 13.2. The van der Waals surface area contributed by atoms with Gasteiger partial charge in [0.25, 0.3) is 0 Å². The van der Waals surface area contributed by atoms with E-state index in [1.54, 1.807) is 24.2 Å². The van der Waals surface area contributed by atoms with E-state index in [-0.39, 0.29) is 11.8 Å². The number of amides is 2. The fourth-order valence-corrected chi connectivity index (χ4v) is 5.29. The van der Waals surface area contributed by atoms with Crippen LogP contribution in [-0.2, 0) is 18.8 Å². The summed E-state index contributed by atoms with van der Waals surface area (Å²) in [6, 6.07) is -0.589. The SMILES string of the molecule is CC(C)C(NC(=O)OC(C)(C)C)C(=O)N1CCC(CCSc2ncc(B3OC(C)(C)C(C)(C)O3)cn2)CC1. The van der Waals surface area contributed by atoms with Crippen molar-refractivity contribution in [3.05, 3.63) is 12.4 Å². The summed E-state index contributed by atoms with van der Waals surface area (Å²) < 4.78 is 17.5. The molecule has 1 atom stereocenters. The Morgan fingerprint density at radius 3 is 2.18 bits per heavy atom. The van der Waals surface area contributed by atoms with Crippen LogP contribution in [0.5, 0.6) is 0 Å². The van der Waals surface area contributed by atoms with Crippen molar-refractivity contribution >= 4 is 36.3 Å². The molecule has 0 radical (unpaired) electrons. The van der Waals surface area contributed by atoms with Gasteiger partial charge in [-0.1, -0.05) is 25.6 Å². The summed E-state index contributed by atoms with van der Waals surface area (Å²) in [7, 11) is -0.457. The van der Waals surface area contributed by atoms with E-state index in [1.807, 2.05) is 67.2 Å². The Balaban J connectivity index is 1.41. The van der Waals surface area contributed by atoms with E-state index >= 15 is 0 Å². The van der Waals surface area contributed by atoms with Crippen molar-refractivity contribution in [2.24, 2.45) is 11.8 Å². The fourth-order valence-electron chi connectivity index (χ4n) is 4.41. The Bertz CT molecular complexity index is 943. The van der Waals surface area contributed by atoms with Gasteiger partial charge >= 0.3 is 13.2 Å². The zero-order chi connectivity index (χ0) is 28.3. The van der Waals surface area contributed by atoms with E-state index in [2.05, 4.69) is 15.3 Å². The lowest BCUT2D eigenvalue weighted by atomic mass is 9.81. The number of carbonyl (C=O) groups excluding carboxylic acids is 2. The molecule has 2 fully saturated rings. The minimum atomic E-state index is -0.606. The number of alkyl carbamates (subject to hydrolysis) is 1. The number of rotatable bonds is 8. The first-order valence-corrected chi connectivity index (χ1v) is 14.7. The molecule has 1 unspecified atom stereocenters. The Morgan fingerprint density at radius 2 is 1.68 bits per heavy atom. The van der Waals surface area contributed by atoms with E-state index in [1.165, 1.54) is 0 Å². The molecule has 1 N–H and O–H groups in total. The molecule has 1 aromatic heterocycles. The van der Waals surface area contributed by atoms with Crippen LogP contribution in [0.2, 0.25) is 0 Å². The quantitative estimate of drug-likeness (QED) is 0.295. The number of nitrogens with zero attached hydrogens (tertiary/aromatic N) is 3. The summed E-state index contributed by atoms with van der Waals surface area (Å²) in [4.78, 5) is 36.3. The largest absolute Gasteiger partial charge is 0.498 e. The Morgan fingerprint density at radius 1 is 1.13 bits per heavy atom. The topological polar surface area (TPSA) is 103 Å². The highest BCUT2D eigenvalue weighted by molar-refractivity contribution is 7.99. The molecule has 2 aliphatic heterocycles. The highest BCUT2D eigenvalue weighted by atomic mass is 32.2. The molecule has 2 amide bonds. The second kappa shape index (κ2) is 12.1. The van der Waals surface area contributed by atoms with Gasteiger partial charge in [0.05, 0.1) is 11.2 Å². The van der Waals surface area contributed by atoms with Crippen LogP contribution in [0, 0.1) is 11.8 Å². The number of thioether (sulfide) groups is 1. The third-order valence-electron chi connectivity index (χ3n) is 7.46. The monoisotopic (exact) mass is 548 g/mol. The van der Waals surface area contributed by atoms with Gasteiger partial charge in [0.2, 0.25) is 5.91 Å². The van der Waals surface area contributed by atoms with Gasteiger partial charge in [0.1, 0.15) is 11.6 Å². The molecule has 0 saturated carbocycles. The molecule has 212 valence electrons. The summed E-state index contributed by atoms with van der Waals surface area (Å²) in [5.41, 5.74) is -0.567. The second-order valence-corrected chi connectivity index (χ2v) is 13.7. The molecule has 0 aromatic carbocycles. The molecule has 0 aliphatic carbocycles. The minimum Gasteiger partial charge on any atom is -0.444 e. The molecule has 1 aromatic rings. The molecule has 0 spiro atoms. The smallest absolute Gasteiger partial charge is 0.444 e. The molecular formula is C27H45BN4O5S. The first-order valence-electron chi connectivity index (χ1n) is 13.7. The predicted molar refractivity (Wildman–Crippen MR) is 150 cm³/mol. The van der Waals surface area contributed by atoms with E-state index in [0.29, 0.717) is 19.0 Å². The van der Waals surface area contributed by atoms with Crippen LogP contribution in [0.1, 0.15) is 81.6 Å². The number of hydrogen-bond acceptors (Lipinski definition) is 8. The summed E-state index contributed by atoms with van der Waals surface area (Å²) in [6.07, 6.45) is 5.97. The molecular weight excluding hydrogens is 503 g/mol. The van der Waals surface area contributed by atoms with Crippen molar-refractivity contribution in [3.63, 3.8) is 0 Å². The number of aromatic nitrogens is 2. The lowest BCUT2D eigenvalue weighted by molar-refractivity contribution is -0.136. The summed E-state index contributed by atoms with van der Waals surface area (Å²) in [5, 5.41) is 3.52. The Hall–Kier alpha value is -1.85. The van der Waals surface area contributed by atoms with Crippen molar-refractivity contribution in [3.8, 4) is 0 Å². The average Bonchev–Trinajstić information content (AvgIpc) is 3.03. The molecule has 11 heteroatoms. The number of piperidine rings is 1. The van der Waals surface area contributed by atoms with Crippen molar-refractivity contribution in [2.45, 2.75) is 110 Å². The van der Waals surface area contributed by atoms with Crippen molar-refractivity contribution in [1.29, 1.82) is 0 Å². The first kappa shape index (κ1) is 30.7. The lowest BCUT2D eigenvalue weighted by Crippen LogP contribution is -2.53. The van der Waals surface area contributed by atoms with Crippen molar-refractivity contribution in [1.82, 2.24) is 20.2 Å². The van der Waals surface area contributed by atoms with Gasteiger partial charge in [-0.2, -0.15) is 0 Å². The van der Waals surface area contributed by atoms with E-state index < -0.39 is 36.1 Å². The third-order valence-corrected chi connectivity index (χ3v) is 8.37. The Labute approximate surface area is 232 Å². The van der Waals surface area contributed by atoms with Gasteiger partial charge in [0, 0.05) is 36.7 Å². The molecule has 2 saturated heterocycles. The van der Waals surface area contributed by atoms with Crippen molar-refractivity contribution < 1.29 is 23.6 Å². The average molecular weight is 549 g/mol. The minimum absolute atomic E-state index is 0.0275. The standard InChI is InChI=1S/C27H45BN4O5S/c1-18(2)21(31-24(34)35-25(3,4)5)22(33)32-13-10-19(11-14-32)12-15-38-23-29-16-20(17-30-23)28-36-26(6,7)27(8,9)37-28/h16-19,21H,10-15H2,1-9H3,(H,31,34). The summed E-state index contributed by atoms with van der Waals surface area (Å²) in [5.74, 6) is 1.41. The van der Waals surface area contributed by atoms with Crippen LogP contribution in [0.15, 0.2) is 17.6 Å². The second-order valence-electron chi connectivity index (χ2n) is 12.7. The van der Waals surface area contributed by atoms with Crippen LogP contribution in [0.3, 0.4) is 0 Å². The normalized spacial score (nSPS) is 20.5. The van der Waals surface area contributed by atoms with Gasteiger partial charge in [-0.05, 0) is 79.6 Å². The maximum absolute atomic E-state index is 13.2. The van der Waals surface area contributed by atoms with Crippen LogP contribution in [-0.4, -0.2) is 75.7 Å². The lowest BCUT2D eigenvalue weighted by Gasteiger charge is -2.35. The maximum Gasteiger partial charge on any atom is 0.498 e. The van der Waals surface area contributed by atoms with E-state index in [4.69, 9.17) is 14.0 Å². The fraction of sp³-hybridized carbons (Fsp3) is 0.778. The summed E-state index contributed by atoms with van der Waals surface area (Å²) in [6.45, 7) is 18.8. The molecule has 2 aliphatic rings. The Kier molecular flexibility index (Phi) is 9.79. The number of ether oxygens (including phenoxy) is 1. The van der Waals surface area contributed by atoms with Crippen LogP contribution in [0.4, 0.5) is 4.79 Å². The van der Waals surface area contributed by atoms with Gasteiger partial charge in [-0.3, -0.25) is 4.79 Å². The highest BCUT2D eigenvalue weighted by Gasteiger charge is 2.52. The van der Waals surface area contributed by atoms with E-state index in [0.717, 1.165) is 35.6 Å². The van der Waals surface area contributed by atoms with Gasteiger partial charge < -0.3 is 24.3 Å². The summed E-state index contributed by atoms with van der Waals surface area (Å²) >= 11 is 1.65. The number of hydrogen-bond donors (Lipinski definition) is 1. The van der Waals surface area contributed by atoms with Gasteiger partial charge in [-0.25, -0.2) is 14.8 Å². The van der Waals surface area contributed by atoms with Crippen LogP contribution in [0.25, 0.3) is 0 Å². The number of likely N-dealkylation sites (tertiary alicyclic amines) is 1.